The summed E-state index contributed by atoms with van der Waals surface area (Å²) < 4.78 is 0. The summed E-state index contributed by atoms with van der Waals surface area (Å²) in [4.78, 5) is 18.7. The van der Waals surface area contributed by atoms with Crippen molar-refractivity contribution in [2.75, 3.05) is 18.2 Å². The van der Waals surface area contributed by atoms with Gasteiger partial charge in [0.05, 0.1) is 23.5 Å². The number of carboxylic acid groups (broad SMARTS) is 1. The maximum Gasteiger partial charge on any atom is 0.338 e. The average molecular weight is 302 g/mol. The highest BCUT2D eigenvalue weighted by atomic mass is 32.2. The van der Waals surface area contributed by atoms with Crippen LogP contribution in [0.25, 0.3) is 0 Å². The van der Waals surface area contributed by atoms with Crippen LogP contribution in [-0.2, 0) is 6.54 Å². The van der Waals surface area contributed by atoms with Crippen LogP contribution >= 0.6 is 11.8 Å². The SMILES string of the molecule is CSc1cccc(N(C)Cc2cccc(C)n2)c1C(=O)O. The standard InChI is InChI=1S/C16H18N2O2S/c1-11-6-4-7-12(17-11)10-18(2)13-8-5-9-14(21-3)15(13)16(19)20/h4-9H,10H2,1-3H3,(H,19,20). The number of aromatic carboxylic acids is 1. The molecule has 0 unspecified atom stereocenters. The minimum Gasteiger partial charge on any atom is -0.478 e. The lowest BCUT2D eigenvalue weighted by molar-refractivity contribution is 0.0694. The van der Waals surface area contributed by atoms with Crippen molar-refractivity contribution in [3.8, 4) is 0 Å². The van der Waals surface area contributed by atoms with Crippen molar-refractivity contribution in [3.05, 3.63) is 53.3 Å². The molecule has 0 saturated carbocycles. The monoisotopic (exact) mass is 302 g/mol. The molecule has 0 amide bonds. The largest absolute Gasteiger partial charge is 0.478 e. The molecule has 1 heterocycles. The lowest BCUT2D eigenvalue weighted by Gasteiger charge is -2.22. The average Bonchev–Trinajstić information content (AvgIpc) is 2.46. The first-order valence-electron chi connectivity index (χ1n) is 6.57. The molecule has 0 spiro atoms. The van der Waals surface area contributed by atoms with Crippen LogP contribution < -0.4 is 4.90 Å². The Morgan fingerprint density at radius 2 is 2.00 bits per heavy atom. The van der Waals surface area contributed by atoms with Crippen LogP contribution in [0.2, 0.25) is 0 Å². The molecule has 0 aliphatic rings. The molecule has 4 nitrogen and oxygen atoms in total. The van der Waals surface area contributed by atoms with E-state index in [9.17, 15) is 9.90 Å². The van der Waals surface area contributed by atoms with Gasteiger partial charge in [0.2, 0.25) is 0 Å². The van der Waals surface area contributed by atoms with E-state index in [2.05, 4.69) is 4.98 Å². The van der Waals surface area contributed by atoms with E-state index in [-0.39, 0.29) is 0 Å². The number of nitrogens with zero attached hydrogens (tertiary/aromatic N) is 2. The van der Waals surface area contributed by atoms with Crippen LogP contribution in [-0.4, -0.2) is 29.4 Å². The van der Waals surface area contributed by atoms with Gasteiger partial charge in [-0.25, -0.2) is 4.79 Å². The molecule has 0 aliphatic carbocycles. The summed E-state index contributed by atoms with van der Waals surface area (Å²) in [5.41, 5.74) is 2.93. The first kappa shape index (κ1) is 15.4. The number of pyridine rings is 1. The predicted molar refractivity (Wildman–Crippen MR) is 86.3 cm³/mol. The number of hydrogen-bond acceptors (Lipinski definition) is 4. The van der Waals surface area contributed by atoms with Gasteiger partial charge in [-0.15, -0.1) is 11.8 Å². The number of carbonyl (C=O) groups is 1. The quantitative estimate of drug-likeness (QED) is 0.857. The third kappa shape index (κ3) is 3.55. The fraction of sp³-hybridized carbons (Fsp3) is 0.250. The van der Waals surface area contributed by atoms with E-state index < -0.39 is 5.97 Å². The molecule has 0 bridgehead atoms. The molecule has 0 radical (unpaired) electrons. The molecule has 5 heteroatoms. The van der Waals surface area contributed by atoms with Gasteiger partial charge in [0.15, 0.2) is 0 Å². The van der Waals surface area contributed by atoms with Crippen LogP contribution in [0.15, 0.2) is 41.3 Å². The van der Waals surface area contributed by atoms with Gasteiger partial charge in [0.25, 0.3) is 0 Å². The lowest BCUT2D eigenvalue weighted by Crippen LogP contribution is -2.20. The Balaban J connectivity index is 2.35. The number of hydrogen-bond donors (Lipinski definition) is 1. The Kier molecular flexibility index (Phi) is 4.85. The van der Waals surface area contributed by atoms with Gasteiger partial charge in [-0.05, 0) is 37.4 Å². The summed E-state index contributed by atoms with van der Waals surface area (Å²) in [5, 5.41) is 9.48. The number of thioether (sulfide) groups is 1. The summed E-state index contributed by atoms with van der Waals surface area (Å²) >= 11 is 1.44. The van der Waals surface area contributed by atoms with Gasteiger partial charge in [-0.2, -0.15) is 0 Å². The number of anilines is 1. The highest BCUT2D eigenvalue weighted by molar-refractivity contribution is 7.98. The molecule has 1 N–H and O–H groups in total. The van der Waals surface area contributed by atoms with Crippen molar-refractivity contribution in [1.29, 1.82) is 0 Å². The van der Waals surface area contributed by atoms with Crippen LogP contribution in [0.3, 0.4) is 0 Å². The number of benzene rings is 1. The van der Waals surface area contributed by atoms with E-state index >= 15 is 0 Å². The van der Waals surface area contributed by atoms with Gasteiger partial charge in [-0.1, -0.05) is 12.1 Å². The van der Waals surface area contributed by atoms with Crippen molar-refractivity contribution >= 4 is 23.4 Å². The normalized spacial score (nSPS) is 10.4. The second-order valence-electron chi connectivity index (χ2n) is 4.79. The van der Waals surface area contributed by atoms with Gasteiger partial charge in [-0.3, -0.25) is 4.98 Å². The minimum atomic E-state index is -0.904. The van der Waals surface area contributed by atoms with Crippen LogP contribution in [0, 0.1) is 6.92 Å². The summed E-state index contributed by atoms with van der Waals surface area (Å²) in [6.45, 7) is 2.51. The molecule has 21 heavy (non-hydrogen) atoms. The Labute approximate surface area is 128 Å². The van der Waals surface area contributed by atoms with E-state index in [0.717, 1.165) is 16.3 Å². The van der Waals surface area contributed by atoms with Crippen molar-refractivity contribution in [2.24, 2.45) is 0 Å². The van der Waals surface area contributed by atoms with Crippen molar-refractivity contribution in [2.45, 2.75) is 18.4 Å². The summed E-state index contributed by atoms with van der Waals surface area (Å²) in [6.07, 6.45) is 1.88. The zero-order valence-electron chi connectivity index (χ0n) is 12.3. The van der Waals surface area contributed by atoms with Crippen LogP contribution in [0.4, 0.5) is 5.69 Å². The number of aromatic nitrogens is 1. The maximum atomic E-state index is 11.6. The first-order chi connectivity index (χ1) is 10.0. The van der Waals surface area contributed by atoms with Crippen LogP contribution in [0.1, 0.15) is 21.7 Å². The summed E-state index contributed by atoms with van der Waals surface area (Å²) in [6, 6.07) is 11.4. The van der Waals surface area contributed by atoms with E-state index in [1.807, 2.05) is 61.5 Å². The Morgan fingerprint density at radius 1 is 1.29 bits per heavy atom. The Morgan fingerprint density at radius 3 is 2.62 bits per heavy atom. The molecule has 2 aromatic rings. The molecular formula is C16H18N2O2S. The highest BCUT2D eigenvalue weighted by Gasteiger charge is 2.18. The van der Waals surface area contributed by atoms with Crippen molar-refractivity contribution in [3.63, 3.8) is 0 Å². The second kappa shape index (κ2) is 6.63. The van der Waals surface area contributed by atoms with Crippen LogP contribution in [0.5, 0.6) is 0 Å². The maximum absolute atomic E-state index is 11.6. The van der Waals surface area contributed by atoms with E-state index in [1.165, 1.54) is 11.8 Å². The lowest BCUT2D eigenvalue weighted by atomic mass is 10.1. The Bertz CT molecular complexity index is 658. The third-order valence-corrected chi connectivity index (χ3v) is 3.97. The number of aryl methyl sites for hydroxylation is 1. The molecule has 2 rings (SSSR count). The summed E-state index contributed by atoms with van der Waals surface area (Å²) in [7, 11) is 1.88. The van der Waals surface area contributed by atoms with Crippen molar-refractivity contribution < 1.29 is 9.90 Å². The topological polar surface area (TPSA) is 53.4 Å². The minimum absolute atomic E-state index is 0.347. The zero-order valence-corrected chi connectivity index (χ0v) is 13.1. The van der Waals surface area contributed by atoms with Crippen molar-refractivity contribution in [1.82, 2.24) is 4.98 Å². The van der Waals surface area contributed by atoms with Gasteiger partial charge in [0, 0.05) is 17.6 Å². The second-order valence-corrected chi connectivity index (χ2v) is 5.63. The first-order valence-corrected chi connectivity index (χ1v) is 7.79. The molecule has 110 valence electrons. The Hall–Kier alpha value is -2.01. The third-order valence-electron chi connectivity index (χ3n) is 3.19. The molecule has 0 atom stereocenters. The van der Waals surface area contributed by atoms with E-state index in [4.69, 9.17) is 0 Å². The van der Waals surface area contributed by atoms with Gasteiger partial charge >= 0.3 is 5.97 Å². The number of rotatable bonds is 5. The molecule has 1 aromatic carbocycles. The fourth-order valence-electron chi connectivity index (χ4n) is 2.24. The predicted octanol–water partition coefficient (Wildman–Crippen LogP) is 3.45. The molecule has 1 aromatic heterocycles. The van der Waals surface area contributed by atoms with Gasteiger partial charge < -0.3 is 10.0 Å². The smallest absolute Gasteiger partial charge is 0.338 e. The highest BCUT2D eigenvalue weighted by Crippen LogP contribution is 2.29. The molecule has 0 fully saturated rings. The fourth-order valence-corrected chi connectivity index (χ4v) is 2.85. The zero-order chi connectivity index (χ0) is 15.4. The van der Waals surface area contributed by atoms with E-state index in [1.54, 1.807) is 0 Å². The number of carboxylic acids is 1. The molecule has 0 saturated heterocycles. The molecule has 0 aliphatic heterocycles. The van der Waals surface area contributed by atoms with E-state index in [0.29, 0.717) is 17.8 Å². The van der Waals surface area contributed by atoms with Gasteiger partial charge in [0.1, 0.15) is 0 Å². The molecular weight excluding hydrogens is 284 g/mol. The summed E-state index contributed by atoms with van der Waals surface area (Å²) in [5.74, 6) is -0.904.